The van der Waals surface area contributed by atoms with Crippen molar-refractivity contribution in [2.75, 3.05) is 38.8 Å². The number of nitrogens with zero attached hydrogens (tertiary/aromatic N) is 3. The molecule has 0 saturated carbocycles. The first-order valence-electron chi connectivity index (χ1n) is 8.71. The molecule has 0 bridgehead atoms. The van der Waals surface area contributed by atoms with Crippen LogP contribution in [0.15, 0.2) is 48.7 Å². The number of hydrogen-bond donors (Lipinski definition) is 1. The number of nitrogens with one attached hydrogen (secondary N) is 1. The lowest BCUT2D eigenvalue weighted by atomic mass is 10.0. The number of aromatic nitrogens is 2. The van der Waals surface area contributed by atoms with E-state index in [1.54, 1.807) is 14.2 Å². The number of rotatable bonds is 4. The Morgan fingerprint density at radius 3 is 2.62 bits per heavy atom. The Balaban J connectivity index is 1.71. The highest BCUT2D eigenvalue weighted by Crippen LogP contribution is 2.36. The third-order valence-electron chi connectivity index (χ3n) is 4.84. The molecule has 1 atom stereocenters. The SMILES string of the molecule is COc1cc2nncc(N3CCNC(c4ccccc4)C3)c2cc1OC. The van der Waals surface area contributed by atoms with Crippen LogP contribution in [0.2, 0.25) is 0 Å². The van der Waals surface area contributed by atoms with Gasteiger partial charge in [-0.05, 0) is 11.6 Å². The normalized spacial score (nSPS) is 17.3. The summed E-state index contributed by atoms with van der Waals surface area (Å²) in [6, 6.07) is 14.7. The van der Waals surface area contributed by atoms with Gasteiger partial charge in [0.05, 0.1) is 31.6 Å². The average Bonchev–Trinajstić information content (AvgIpc) is 2.73. The third kappa shape index (κ3) is 3.04. The predicted octanol–water partition coefficient (Wildman–Crippen LogP) is 2.80. The highest BCUT2D eigenvalue weighted by molar-refractivity contribution is 5.93. The number of methoxy groups -OCH3 is 2. The van der Waals surface area contributed by atoms with Crippen LogP contribution in [0, 0.1) is 0 Å². The number of hydrogen-bond acceptors (Lipinski definition) is 6. The molecule has 1 saturated heterocycles. The fraction of sp³-hybridized carbons (Fsp3) is 0.300. The second-order valence-electron chi connectivity index (χ2n) is 6.32. The molecule has 1 unspecified atom stereocenters. The zero-order valence-electron chi connectivity index (χ0n) is 15.0. The lowest BCUT2D eigenvalue weighted by Gasteiger charge is -2.35. The minimum absolute atomic E-state index is 0.285. The van der Waals surface area contributed by atoms with Gasteiger partial charge in [0.15, 0.2) is 11.5 Å². The van der Waals surface area contributed by atoms with Crippen LogP contribution in [0.5, 0.6) is 11.5 Å². The molecule has 1 aliphatic heterocycles. The van der Waals surface area contributed by atoms with Gasteiger partial charge in [-0.25, -0.2) is 0 Å². The first-order chi connectivity index (χ1) is 12.8. The van der Waals surface area contributed by atoms with Gasteiger partial charge in [0.1, 0.15) is 0 Å². The molecule has 0 amide bonds. The molecule has 6 heteroatoms. The molecule has 1 aliphatic rings. The molecule has 1 aromatic heterocycles. The van der Waals surface area contributed by atoms with E-state index in [0.717, 1.165) is 36.2 Å². The van der Waals surface area contributed by atoms with Crippen molar-refractivity contribution < 1.29 is 9.47 Å². The summed E-state index contributed by atoms with van der Waals surface area (Å²) in [5, 5.41) is 13.1. The monoisotopic (exact) mass is 350 g/mol. The topological polar surface area (TPSA) is 59.5 Å². The fourth-order valence-corrected chi connectivity index (χ4v) is 3.50. The van der Waals surface area contributed by atoms with E-state index >= 15 is 0 Å². The highest BCUT2D eigenvalue weighted by atomic mass is 16.5. The van der Waals surface area contributed by atoms with Crippen molar-refractivity contribution in [2.24, 2.45) is 0 Å². The molecule has 0 radical (unpaired) electrons. The van der Waals surface area contributed by atoms with Crippen molar-refractivity contribution in [1.29, 1.82) is 0 Å². The van der Waals surface area contributed by atoms with Crippen LogP contribution < -0.4 is 19.7 Å². The van der Waals surface area contributed by atoms with E-state index in [9.17, 15) is 0 Å². The fourth-order valence-electron chi connectivity index (χ4n) is 3.50. The van der Waals surface area contributed by atoms with Crippen molar-refractivity contribution >= 4 is 16.6 Å². The zero-order chi connectivity index (χ0) is 17.9. The Bertz CT molecular complexity index is 901. The van der Waals surface area contributed by atoms with Gasteiger partial charge < -0.3 is 19.7 Å². The molecule has 4 rings (SSSR count). The van der Waals surface area contributed by atoms with Crippen LogP contribution in [0.4, 0.5) is 5.69 Å². The lowest BCUT2D eigenvalue weighted by molar-refractivity contribution is 0.355. The van der Waals surface area contributed by atoms with Crippen molar-refractivity contribution in [2.45, 2.75) is 6.04 Å². The maximum absolute atomic E-state index is 5.47. The van der Waals surface area contributed by atoms with Gasteiger partial charge in [-0.2, -0.15) is 10.2 Å². The number of anilines is 1. The molecule has 6 nitrogen and oxygen atoms in total. The van der Waals surface area contributed by atoms with Crippen LogP contribution in [-0.2, 0) is 0 Å². The Labute approximate surface area is 152 Å². The molecule has 0 aliphatic carbocycles. The average molecular weight is 350 g/mol. The van der Waals surface area contributed by atoms with E-state index < -0.39 is 0 Å². The largest absolute Gasteiger partial charge is 0.493 e. The summed E-state index contributed by atoms with van der Waals surface area (Å²) in [7, 11) is 3.27. The van der Waals surface area contributed by atoms with E-state index in [4.69, 9.17) is 9.47 Å². The van der Waals surface area contributed by atoms with E-state index in [0.29, 0.717) is 11.5 Å². The van der Waals surface area contributed by atoms with Gasteiger partial charge in [-0.15, -0.1) is 0 Å². The van der Waals surface area contributed by atoms with Crippen molar-refractivity contribution in [3.63, 3.8) is 0 Å². The first-order valence-corrected chi connectivity index (χ1v) is 8.71. The summed E-state index contributed by atoms with van der Waals surface area (Å²) in [6.07, 6.45) is 1.83. The molecule has 1 fully saturated rings. The second-order valence-corrected chi connectivity index (χ2v) is 6.32. The number of ether oxygens (including phenoxy) is 2. The molecule has 3 aromatic rings. The van der Waals surface area contributed by atoms with Crippen molar-refractivity contribution in [1.82, 2.24) is 15.5 Å². The van der Waals surface area contributed by atoms with Crippen LogP contribution in [0.3, 0.4) is 0 Å². The first kappa shape index (κ1) is 16.6. The Hall–Kier alpha value is -2.86. The van der Waals surface area contributed by atoms with Gasteiger partial charge in [-0.1, -0.05) is 30.3 Å². The van der Waals surface area contributed by atoms with E-state index in [1.807, 2.05) is 24.4 Å². The molecule has 1 N–H and O–H groups in total. The summed E-state index contributed by atoms with van der Waals surface area (Å²) >= 11 is 0. The number of piperazine rings is 1. The molecule has 2 heterocycles. The van der Waals surface area contributed by atoms with Gasteiger partial charge in [-0.3, -0.25) is 0 Å². The summed E-state index contributed by atoms with van der Waals surface area (Å²) in [5.74, 6) is 1.36. The molecular formula is C20H22N4O2. The van der Waals surface area contributed by atoms with Crippen molar-refractivity contribution in [3.8, 4) is 11.5 Å². The summed E-state index contributed by atoms with van der Waals surface area (Å²) < 4.78 is 10.9. The maximum Gasteiger partial charge on any atom is 0.162 e. The standard InChI is InChI=1S/C20H22N4O2/c1-25-19-10-15-16(11-20(19)26-2)23-22-12-18(15)24-9-8-21-17(13-24)14-6-4-3-5-7-14/h3-7,10-12,17,21H,8-9,13H2,1-2H3. The van der Waals surface area contributed by atoms with Crippen LogP contribution in [0.1, 0.15) is 11.6 Å². The number of benzene rings is 2. The summed E-state index contributed by atoms with van der Waals surface area (Å²) in [6.45, 7) is 2.70. The molecule has 134 valence electrons. The maximum atomic E-state index is 5.47. The van der Waals surface area contributed by atoms with Gasteiger partial charge >= 0.3 is 0 Å². The smallest absolute Gasteiger partial charge is 0.162 e. The van der Waals surface area contributed by atoms with Gasteiger partial charge in [0.2, 0.25) is 0 Å². The van der Waals surface area contributed by atoms with Gasteiger partial charge in [0.25, 0.3) is 0 Å². The van der Waals surface area contributed by atoms with Crippen LogP contribution in [-0.4, -0.2) is 44.1 Å². The third-order valence-corrected chi connectivity index (χ3v) is 4.84. The quantitative estimate of drug-likeness (QED) is 0.781. The Morgan fingerprint density at radius 1 is 1.08 bits per heavy atom. The number of fused-ring (bicyclic) bond motifs is 1. The minimum atomic E-state index is 0.285. The second kappa shape index (κ2) is 7.17. The van der Waals surface area contributed by atoms with E-state index in [-0.39, 0.29) is 6.04 Å². The Morgan fingerprint density at radius 2 is 1.85 bits per heavy atom. The van der Waals surface area contributed by atoms with Crippen LogP contribution in [0.25, 0.3) is 10.9 Å². The van der Waals surface area contributed by atoms with E-state index in [1.165, 1.54) is 5.56 Å². The summed E-state index contributed by atoms with van der Waals surface area (Å²) in [5.41, 5.74) is 3.16. The highest BCUT2D eigenvalue weighted by Gasteiger charge is 2.23. The van der Waals surface area contributed by atoms with Crippen LogP contribution >= 0.6 is 0 Å². The lowest BCUT2D eigenvalue weighted by Crippen LogP contribution is -2.46. The zero-order valence-corrected chi connectivity index (χ0v) is 15.0. The van der Waals surface area contributed by atoms with Crippen molar-refractivity contribution in [3.05, 3.63) is 54.2 Å². The molecule has 26 heavy (non-hydrogen) atoms. The predicted molar refractivity (Wildman–Crippen MR) is 102 cm³/mol. The molecule has 2 aromatic carbocycles. The Kier molecular flexibility index (Phi) is 4.58. The van der Waals surface area contributed by atoms with E-state index in [2.05, 4.69) is 44.7 Å². The van der Waals surface area contributed by atoms with Gasteiger partial charge in [0, 0.05) is 37.1 Å². The molecular weight excluding hydrogens is 328 g/mol. The molecule has 0 spiro atoms. The minimum Gasteiger partial charge on any atom is -0.493 e. The summed E-state index contributed by atoms with van der Waals surface area (Å²) in [4.78, 5) is 2.36.